The molecule has 0 fully saturated rings. The number of benzene rings is 2. The summed E-state index contributed by atoms with van der Waals surface area (Å²) in [4.78, 5) is 1.65. The summed E-state index contributed by atoms with van der Waals surface area (Å²) in [6.45, 7) is 5.43. The molecule has 2 aromatic rings. The third kappa shape index (κ3) is 3.82. The molecule has 0 amide bonds. The highest BCUT2D eigenvalue weighted by atomic mass is 16.5. The van der Waals surface area contributed by atoms with Crippen molar-refractivity contribution in [3.05, 3.63) is 53.6 Å². The molecule has 1 aliphatic heterocycles. The minimum absolute atomic E-state index is 0.258. The number of fused-ring (bicyclic) bond motifs is 1. The molecule has 0 spiro atoms. The van der Waals surface area contributed by atoms with Crippen molar-refractivity contribution in [3.8, 4) is 11.5 Å². The second-order valence-corrected chi connectivity index (χ2v) is 6.59. The number of para-hydroxylation sites is 1. The average Bonchev–Trinajstić information content (AvgIpc) is 2.94. The van der Waals surface area contributed by atoms with Crippen LogP contribution in [0.2, 0.25) is 0 Å². The van der Waals surface area contributed by atoms with Crippen LogP contribution >= 0.6 is 0 Å². The van der Waals surface area contributed by atoms with E-state index < -0.39 is 0 Å². The Morgan fingerprint density at radius 1 is 0.815 bits per heavy atom. The fraction of sp³-hybridized carbons (Fsp3) is 0.364. The lowest BCUT2D eigenvalue weighted by Gasteiger charge is -2.18. The Hall–Kier alpha value is -2.82. The SMILES string of the molecule is CCCCOc1ccc2c(c1OCCCC)C(=N)N(c1ccccc1)C2=N. The van der Waals surface area contributed by atoms with Gasteiger partial charge in [-0.1, -0.05) is 44.9 Å². The lowest BCUT2D eigenvalue weighted by atomic mass is 10.1. The molecule has 1 heterocycles. The van der Waals surface area contributed by atoms with Crippen LogP contribution in [0, 0.1) is 10.8 Å². The van der Waals surface area contributed by atoms with Gasteiger partial charge in [-0.05, 0) is 37.1 Å². The average molecular weight is 365 g/mol. The second kappa shape index (κ2) is 8.71. The first-order chi connectivity index (χ1) is 13.2. The molecule has 142 valence electrons. The highest BCUT2D eigenvalue weighted by molar-refractivity contribution is 6.37. The summed E-state index contributed by atoms with van der Waals surface area (Å²) in [5.74, 6) is 1.80. The van der Waals surface area contributed by atoms with Crippen LogP contribution in [0.3, 0.4) is 0 Å². The van der Waals surface area contributed by atoms with Gasteiger partial charge in [0.15, 0.2) is 11.5 Å². The van der Waals surface area contributed by atoms with Gasteiger partial charge >= 0.3 is 0 Å². The molecule has 27 heavy (non-hydrogen) atoms. The van der Waals surface area contributed by atoms with Crippen molar-refractivity contribution in [2.75, 3.05) is 18.1 Å². The molecule has 5 nitrogen and oxygen atoms in total. The molecule has 2 N–H and O–H groups in total. The number of ether oxygens (including phenoxy) is 2. The molecule has 5 heteroatoms. The Morgan fingerprint density at radius 3 is 2.15 bits per heavy atom. The van der Waals surface area contributed by atoms with Gasteiger partial charge in [0.1, 0.15) is 11.7 Å². The van der Waals surface area contributed by atoms with Crippen molar-refractivity contribution in [3.63, 3.8) is 0 Å². The Morgan fingerprint density at radius 2 is 1.48 bits per heavy atom. The van der Waals surface area contributed by atoms with E-state index in [1.54, 1.807) is 4.90 Å². The standard InChI is InChI=1S/C22H27N3O2/c1-3-5-14-26-18-13-12-17-19(20(18)27-15-6-4-2)22(24)25(21(17)23)16-10-8-7-9-11-16/h7-13,23-24H,3-6,14-15H2,1-2H3. The number of anilines is 1. The van der Waals surface area contributed by atoms with Crippen molar-refractivity contribution < 1.29 is 9.47 Å². The number of rotatable bonds is 9. The predicted octanol–water partition coefficient (Wildman–Crippen LogP) is 5.22. The highest BCUT2D eigenvalue weighted by Gasteiger charge is 2.35. The van der Waals surface area contributed by atoms with E-state index in [-0.39, 0.29) is 5.84 Å². The van der Waals surface area contributed by atoms with Gasteiger partial charge in [-0.2, -0.15) is 0 Å². The van der Waals surface area contributed by atoms with Crippen LogP contribution in [0.4, 0.5) is 5.69 Å². The van der Waals surface area contributed by atoms with E-state index in [4.69, 9.17) is 20.3 Å². The fourth-order valence-corrected chi connectivity index (χ4v) is 3.08. The van der Waals surface area contributed by atoms with E-state index in [1.165, 1.54) is 0 Å². The molecular weight excluding hydrogens is 338 g/mol. The number of unbranched alkanes of at least 4 members (excludes halogenated alkanes) is 2. The molecule has 0 saturated carbocycles. The van der Waals surface area contributed by atoms with Gasteiger partial charge in [0.05, 0.1) is 18.8 Å². The molecule has 0 bridgehead atoms. The van der Waals surface area contributed by atoms with Crippen molar-refractivity contribution in [2.24, 2.45) is 0 Å². The van der Waals surface area contributed by atoms with Gasteiger partial charge in [0.2, 0.25) is 0 Å². The maximum absolute atomic E-state index is 8.74. The summed E-state index contributed by atoms with van der Waals surface area (Å²) in [5.41, 5.74) is 2.16. The highest BCUT2D eigenvalue weighted by Crippen LogP contribution is 2.40. The largest absolute Gasteiger partial charge is 0.490 e. The molecule has 0 aromatic heterocycles. The fourth-order valence-electron chi connectivity index (χ4n) is 3.08. The molecular formula is C22H27N3O2. The quantitative estimate of drug-likeness (QED) is 0.599. The summed E-state index contributed by atoms with van der Waals surface area (Å²) in [7, 11) is 0. The van der Waals surface area contributed by atoms with Crippen LogP contribution in [0.5, 0.6) is 11.5 Å². The first-order valence-corrected chi connectivity index (χ1v) is 9.64. The molecule has 3 rings (SSSR count). The zero-order valence-corrected chi connectivity index (χ0v) is 16.0. The predicted molar refractivity (Wildman–Crippen MR) is 110 cm³/mol. The van der Waals surface area contributed by atoms with Crippen LogP contribution < -0.4 is 14.4 Å². The third-order valence-corrected chi connectivity index (χ3v) is 4.57. The second-order valence-electron chi connectivity index (χ2n) is 6.59. The van der Waals surface area contributed by atoms with Crippen LogP contribution in [0.15, 0.2) is 42.5 Å². The zero-order valence-electron chi connectivity index (χ0n) is 16.0. The lowest BCUT2D eigenvalue weighted by Crippen LogP contribution is -2.29. The van der Waals surface area contributed by atoms with Crippen molar-refractivity contribution >= 4 is 17.4 Å². The first kappa shape index (κ1) is 19.0. The van der Waals surface area contributed by atoms with E-state index in [1.807, 2.05) is 42.5 Å². The van der Waals surface area contributed by atoms with Crippen molar-refractivity contribution in [1.82, 2.24) is 0 Å². The normalized spacial score (nSPS) is 13.0. The third-order valence-electron chi connectivity index (χ3n) is 4.57. The molecule has 2 aromatic carbocycles. The molecule has 0 radical (unpaired) electrons. The van der Waals surface area contributed by atoms with E-state index in [2.05, 4.69) is 13.8 Å². The van der Waals surface area contributed by atoms with Crippen LogP contribution in [0.1, 0.15) is 50.7 Å². The molecule has 0 atom stereocenters. The van der Waals surface area contributed by atoms with Gasteiger partial charge < -0.3 is 9.47 Å². The van der Waals surface area contributed by atoms with E-state index >= 15 is 0 Å². The summed E-state index contributed by atoms with van der Waals surface area (Å²) < 4.78 is 12.0. The van der Waals surface area contributed by atoms with Gasteiger partial charge in [0.25, 0.3) is 0 Å². The van der Waals surface area contributed by atoms with Crippen molar-refractivity contribution in [2.45, 2.75) is 39.5 Å². The smallest absolute Gasteiger partial charge is 0.172 e. The minimum Gasteiger partial charge on any atom is -0.490 e. The molecule has 0 saturated heterocycles. The number of hydrogen-bond acceptors (Lipinski definition) is 4. The Bertz CT molecular complexity index is 818. The van der Waals surface area contributed by atoms with Crippen molar-refractivity contribution in [1.29, 1.82) is 10.8 Å². The van der Waals surface area contributed by atoms with Gasteiger partial charge in [0, 0.05) is 11.3 Å². The number of nitrogens with zero attached hydrogens (tertiary/aromatic N) is 1. The zero-order chi connectivity index (χ0) is 19.2. The van der Waals surface area contributed by atoms with E-state index in [9.17, 15) is 0 Å². The summed E-state index contributed by atoms with van der Waals surface area (Å²) in [6.07, 6.45) is 3.99. The van der Waals surface area contributed by atoms with E-state index in [0.29, 0.717) is 41.7 Å². The number of hydrogen-bond donors (Lipinski definition) is 2. The Balaban J connectivity index is 1.99. The monoisotopic (exact) mass is 365 g/mol. The minimum atomic E-state index is 0.258. The summed E-state index contributed by atoms with van der Waals surface area (Å²) in [6, 6.07) is 13.3. The summed E-state index contributed by atoms with van der Waals surface area (Å²) >= 11 is 0. The summed E-state index contributed by atoms with van der Waals surface area (Å²) in [5, 5.41) is 17.3. The molecule has 0 aliphatic carbocycles. The van der Waals surface area contributed by atoms with Gasteiger partial charge in [-0.25, -0.2) is 0 Å². The van der Waals surface area contributed by atoms with E-state index in [0.717, 1.165) is 31.4 Å². The Kier molecular flexibility index (Phi) is 6.12. The maximum Gasteiger partial charge on any atom is 0.172 e. The first-order valence-electron chi connectivity index (χ1n) is 9.64. The molecule has 1 aliphatic rings. The number of nitrogens with one attached hydrogen (secondary N) is 2. The maximum atomic E-state index is 8.74. The van der Waals surface area contributed by atoms with Gasteiger partial charge in [-0.3, -0.25) is 15.7 Å². The van der Waals surface area contributed by atoms with Crippen LogP contribution in [-0.2, 0) is 0 Å². The topological polar surface area (TPSA) is 69.4 Å². The van der Waals surface area contributed by atoms with Gasteiger partial charge in [-0.15, -0.1) is 0 Å². The molecule has 0 unspecified atom stereocenters. The Labute approximate surface area is 160 Å². The van der Waals surface area contributed by atoms with Crippen LogP contribution in [-0.4, -0.2) is 24.9 Å². The number of amidine groups is 2. The lowest BCUT2D eigenvalue weighted by molar-refractivity contribution is 0.261. The van der Waals surface area contributed by atoms with Crippen LogP contribution in [0.25, 0.3) is 0 Å².